The lowest BCUT2D eigenvalue weighted by Gasteiger charge is -2.37. The van der Waals surface area contributed by atoms with E-state index in [9.17, 15) is 13.8 Å². The summed E-state index contributed by atoms with van der Waals surface area (Å²) in [4.78, 5) is 12.9. The Bertz CT molecular complexity index is 813. The first-order valence-corrected chi connectivity index (χ1v) is 10.6. The summed E-state index contributed by atoms with van der Waals surface area (Å²) in [5.74, 6) is -0.555. The molecule has 2 aromatic rings. The standard InChI is InChI=1S/C22H24FO2P/c1-4-15-26(25,16-5-2)22(3,19-9-7-6-8-10-19)17-21(24)18-11-13-20(23)14-12-18/h4-14H,1-2,15-17H2,3H3/t22-/m1/s1. The maximum atomic E-state index is 13.9. The van der Waals surface area contributed by atoms with Crippen LogP contribution in [0, 0.1) is 5.82 Å². The van der Waals surface area contributed by atoms with Crippen molar-refractivity contribution in [3.05, 3.63) is 96.9 Å². The summed E-state index contributed by atoms with van der Waals surface area (Å²) in [6.45, 7) is 9.37. The van der Waals surface area contributed by atoms with Crippen LogP contribution in [0.2, 0.25) is 0 Å². The summed E-state index contributed by atoms with van der Waals surface area (Å²) >= 11 is 0. The van der Waals surface area contributed by atoms with Crippen LogP contribution in [0.4, 0.5) is 4.39 Å². The van der Waals surface area contributed by atoms with Gasteiger partial charge in [0, 0.05) is 24.3 Å². The second-order valence-corrected chi connectivity index (χ2v) is 10.1. The molecule has 0 radical (unpaired) electrons. The zero-order valence-corrected chi connectivity index (χ0v) is 15.9. The van der Waals surface area contributed by atoms with Crippen molar-refractivity contribution in [1.29, 1.82) is 0 Å². The summed E-state index contributed by atoms with van der Waals surface area (Å²) in [6, 6.07) is 14.9. The minimum atomic E-state index is -2.88. The fourth-order valence-electron chi connectivity index (χ4n) is 3.22. The molecule has 0 fully saturated rings. The van der Waals surface area contributed by atoms with Crippen molar-refractivity contribution in [1.82, 2.24) is 0 Å². The van der Waals surface area contributed by atoms with Crippen LogP contribution in [0.25, 0.3) is 0 Å². The van der Waals surface area contributed by atoms with Crippen LogP contribution in [-0.4, -0.2) is 18.1 Å². The number of allylic oxidation sites excluding steroid dienone is 2. The highest BCUT2D eigenvalue weighted by Gasteiger charge is 2.45. The van der Waals surface area contributed by atoms with Crippen molar-refractivity contribution in [3.63, 3.8) is 0 Å². The van der Waals surface area contributed by atoms with E-state index >= 15 is 0 Å². The SMILES string of the molecule is C=CCP(=O)(CC=C)[C@](C)(CC(=O)c1ccc(F)cc1)c1ccccc1. The van der Waals surface area contributed by atoms with Gasteiger partial charge in [0.1, 0.15) is 13.0 Å². The minimum absolute atomic E-state index is 0.0710. The molecule has 0 spiro atoms. The van der Waals surface area contributed by atoms with Gasteiger partial charge < -0.3 is 4.57 Å². The van der Waals surface area contributed by atoms with E-state index in [0.29, 0.717) is 17.9 Å². The Balaban J connectivity index is 2.51. The number of Topliss-reactive ketones (excluding diaryl/α,β-unsaturated/α-hetero) is 1. The van der Waals surface area contributed by atoms with Crippen LogP contribution in [0.5, 0.6) is 0 Å². The van der Waals surface area contributed by atoms with Crippen LogP contribution in [-0.2, 0) is 9.72 Å². The smallest absolute Gasteiger partial charge is 0.164 e. The van der Waals surface area contributed by atoms with Crippen LogP contribution in [0.15, 0.2) is 79.9 Å². The molecule has 0 N–H and O–H groups in total. The van der Waals surface area contributed by atoms with E-state index in [1.54, 1.807) is 12.2 Å². The fourth-order valence-corrected chi connectivity index (χ4v) is 6.06. The van der Waals surface area contributed by atoms with E-state index in [-0.39, 0.29) is 12.2 Å². The quantitative estimate of drug-likeness (QED) is 0.306. The summed E-state index contributed by atoms with van der Waals surface area (Å²) < 4.78 is 27.1. The number of rotatable bonds is 9. The van der Waals surface area contributed by atoms with Gasteiger partial charge in [-0.2, -0.15) is 0 Å². The Morgan fingerprint density at radius 1 is 1.04 bits per heavy atom. The predicted molar refractivity (Wildman–Crippen MR) is 107 cm³/mol. The van der Waals surface area contributed by atoms with Crippen LogP contribution >= 0.6 is 7.14 Å². The molecule has 136 valence electrons. The normalized spacial score (nSPS) is 13.6. The van der Waals surface area contributed by atoms with Crippen molar-refractivity contribution >= 4 is 12.9 Å². The zero-order chi connectivity index (χ0) is 19.2. The third kappa shape index (κ3) is 4.11. The topological polar surface area (TPSA) is 34.1 Å². The molecule has 0 aromatic heterocycles. The highest BCUT2D eigenvalue weighted by Crippen LogP contribution is 2.65. The van der Waals surface area contributed by atoms with Gasteiger partial charge in [0.2, 0.25) is 0 Å². The van der Waals surface area contributed by atoms with Crippen molar-refractivity contribution in [3.8, 4) is 0 Å². The van der Waals surface area contributed by atoms with E-state index < -0.39 is 18.1 Å². The number of halogens is 1. The monoisotopic (exact) mass is 370 g/mol. The Kier molecular flexibility index (Phi) is 6.50. The van der Waals surface area contributed by atoms with Crippen molar-refractivity contribution in [2.24, 2.45) is 0 Å². The van der Waals surface area contributed by atoms with Gasteiger partial charge in [-0.15, -0.1) is 13.2 Å². The Hall–Kier alpha value is -2.25. The lowest BCUT2D eigenvalue weighted by atomic mass is 9.92. The van der Waals surface area contributed by atoms with Gasteiger partial charge in [-0.05, 0) is 36.8 Å². The van der Waals surface area contributed by atoms with Crippen LogP contribution < -0.4 is 0 Å². The van der Waals surface area contributed by atoms with Gasteiger partial charge in [-0.1, -0.05) is 42.5 Å². The Labute approximate surface area is 154 Å². The molecule has 0 aliphatic heterocycles. The molecule has 0 saturated carbocycles. The third-order valence-electron chi connectivity index (χ3n) is 4.81. The van der Waals surface area contributed by atoms with Gasteiger partial charge in [0.25, 0.3) is 0 Å². The second-order valence-electron chi connectivity index (χ2n) is 6.58. The summed E-state index contributed by atoms with van der Waals surface area (Å²) in [5, 5.41) is -0.859. The van der Waals surface area contributed by atoms with Crippen LogP contribution in [0.1, 0.15) is 29.3 Å². The number of hydrogen-bond donors (Lipinski definition) is 0. The van der Waals surface area contributed by atoms with Gasteiger partial charge in [-0.25, -0.2) is 4.39 Å². The van der Waals surface area contributed by atoms with Crippen LogP contribution in [0.3, 0.4) is 0 Å². The highest BCUT2D eigenvalue weighted by atomic mass is 31.2. The molecule has 2 aromatic carbocycles. The fraction of sp³-hybridized carbons (Fsp3) is 0.227. The average molecular weight is 370 g/mol. The molecule has 0 aliphatic rings. The lowest BCUT2D eigenvalue weighted by Crippen LogP contribution is -2.28. The summed E-state index contributed by atoms with van der Waals surface area (Å²) in [6.07, 6.45) is 4.01. The molecule has 26 heavy (non-hydrogen) atoms. The third-order valence-corrected chi connectivity index (χ3v) is 8.73. The van der Waals surface area contributed by atoms with Gasteiger partial charge in [-0.3, -0.25) is 4.79 Å². The molecule has 0 amide bonds. The Morgan fingerprint density at radius 2 is 1.58 bits per heavy atom. The molecule has 0 saturated heterocycles. The first-order chi connectivity index (χ1) is 12.4. The van der Waals surface area contributed by atoms with Crippen molar-refractivity contribution in [2.45, 2.75) is 18.5 Å². The molecule has 0 unspecified atom stereocenters. The first kappa shape index (κ1) is 20.1. The van der Waals surface area contributed by atoms with E-state index in [1.165, 1.54) is 24.3 Å². The molecular weight excluding hydrogens is 346 g/mol. The summed E-state index contributed by atoms with van der Waals surface area (Å²) in [5.41, 5.74) is 1.26. The zero-order valence-electron chi connectivity index (χ0n) is 15.0. The van der Waals surface area contributed by atoms with Crippen molar-refractivity contribution < 1.29 is 13.8 Å². The molecule has 4 heteroatoms. The number of carbonyl (C=O) groups excluding carboxylic acids is 1. The molecule has 0 heterocycles. The number of hydrogen-bond acceptors (Lipinski definition) is 2. The van der Waals surface area contributed by atoms with Gasteiger partial charge >= 0.3 is 0 Å². The summed E-state index contributed by atoms with van der Waals surface area (Å²) in [7, 11) is -2.88. The minimum Gasteiger partial charge on any atom is -0.322 e. The van der Waals surface area contributed by atoms with E-state index in [4.69, 9.17) is 0 Å². The van der Waals surface area contributed by atoms with Gasteiger partial charge in [0.05, 0.1) is 5.16 Å². The largest absolute Gasteiger partial charge is 0.322 e. The highest BCUT2D eigenvalue weighted by molar-refractivity contribution is 7.65. The molecule has 0 aliphatic carbocycles. The van der Waals surface area contributed by atoms with Crippen molar-refractivity contribution in [2.75, 3.05) is 12.3 Å². The first-order valence-electron chi connectivity index (χ1n) is 8.50. The second kappa shape index (κ2) is 8.42. The molecular formula is C22H24FO2P. The number of carbonyl (C=O) groups is 1. The number of ketones is 1. The average Bonchev–Trinajstić information content (AvgIpc) is 2.63. The molecule has 1 atom stereocenters. The van der Waals surface area contributed by atoms with E-state index in [2.05, 4.69) is 13.2 Å². The lowest BCUT2D eigenvalue weighted by molar-refractivity contribution is 0.0968. The molecule has 2 nitrogen and oxygen atoms in total. The van der Waals surface area contributed by atoms with E-state index in [1.807, 2.05) is 37.3 Å². The number of benzene rings is 2. The Morgan fingerprint density at radius 3 is 2.08 bits per heavy atom. The molecule has 2 rings (SSSR count). The predicted octanol–water partition coefficient (Wildman–Crippen LogP) is 6.05. The maximum Gasteiger partial charge on any atom is 0.164 e. The van der Waals surface area contributed by atoms with E-state index in [0.717, 1.165) is 5.56 Å². The maximum absolute atomic E-state index is 13.9. The molecule has 0 bridgehead atoms. The van der Waals surface area contributed by atoms with Gasteiger partial charge in [0.15, 0.2) is 5.78 Å².